The van der Waals surface area contributed by atoms with Gasteiger partial charge < -0.3 is 10.4 Å². The Balaban J connectivity index is 1.48. The highest BCUT2D eigenvalue weighted by atomic mass is 35.5. The van der Waals surface area contributed by atoms with E-state index in [0.717, 1.165) is 18.4 Å². The van der Waals surface area contributed by atoms with Gasteiger partial charge in [0.2, 0.25) is 0 Å². The first-order valence-corrected chi connectivity index (χ1v) is 10.1. The fourth-order valence-electron chi connectivity index (χ4n) is 2.98. The van der Waals surface area contributed by atoms with E-state index in [4.69, 9.17) is 11.6 Å². The predicted molar refractivity (Wildman–Crippen MR) is 111 cm³/mol. The van der Waals surface area contributed by atoms with Gasteiger partial charge in [-0.3, -0.25) is 0 Å². The Bertz CT molecular complexity index is 818. The second-order valence-electron chi connectivity index (χ2n) is 6.67. The molecule has 2 atom stereocenters. The number of benzene rings is 2. The summed E-state index contributed by atoms with van der Waals surface area (Å²) in [6.45, 7) is 2.67. The van der Waals surface area contributed by atoms with Crippen LogP contribution in [0.15, 0.2) is 66.0 Å². The van der Waals surface area contributed by atoms with E-state index in [-0.39, 0.29) is 0 Å². The zero-order chi connectivity index (χ0) is 18.4. The molecule has 4 heteroatoms. The van der Waals surface area contributed by atoms with Crippen LogP contribution in [0.4, 0.5) is 0 Å². The van der Waals surface area contributed by atoms with Crippen molar-refractivity contribution >= 4 is 22.9 Å². The lowest BCUT2D eigenvalue weighted by atomic mass is 10.1. The highest BCUT2D eigenvalue weighted by molar-refractivity contribution is 7.10. The van der Waals surface area contributed by atoms with Gasteiger partial charge in [-0.1, -0.05) is 54.1 Å². The Morgan fingerprint density at radius 2 is 1.85 bits per heavy atom. The highest BCUT2D eigenvalue weighted by Gasteiger charge is 2.11. The molecule has 0 spiro atoms. The number of hydrogen-bond acceptors (Lipinski definition) is 3. The van der Waals surface area contributed by atoms with Gasteiger partial charge >= 0.3 is 0 Å². The van der Waals surface area contributed by atoms with Gasteiger partial charge in [-0.25, -0.2) is 0 Å². The number of aliphatic hydroxyl groups is 1. The molecule has 0 aliphatic carbocycles. The van der Waals surface area contributed by atoms with Gasteiger partial charge in [0.25, 0.3) is 0 Å². The minimum atomic E-state index is -0.548. The van der Waals surface area contributed by atoms with Crippen LogP contribution in [0.3, 0.4) is 0 Å². The van der Waals surface area contributed by atoms with E-state index in [0.29, 0.717) is 17.6 Å². The zero-order valence-corrected chi connectivity index (χ0v) is 16.4. The Labute approximate surface area is 164 Å². The molecule has 0 aliphatic heterocycles. The van der Waals surface area contributed by atoms with Crippen molar-refractivity contribution in [2.24, 2.45) is 0 Å². The monoisotopic (exact) mass is 385 g/mol. The molecule has 0 radical (unpaired) electrons. The normalized spacial score (nSPS) is 13.5. The third-order valence-electron chi connectivity index (χ3n) is 4.36. The van der Waals surface area contributed by atoms with Crippen LogP contribution in [0.25, 0.3) is 0 Å². The molecule has 0 unspecified atom stereocenters. The van der Waals surface area contributed by atoms with Gasteiger partial charge in [0.1, 0.15) is 0 Å². The maximum atomic E-state index is 10.3. The minimum Gasteiger partial charge on any atom is -0.387 e. The lowest BCUT2D eigenvalue weighted by molar-refractivity contribution is 0.170. The summed E-state index contributed by atoms with van der Waals surface area (Å²) in [5.41, 5.74) is 3.55. The largest absolute Gasteiger partial charge is 0.387 e. The summed E-state index contributed by atoms with van der Waals surface area (Å²) in [4.78, 5) is 1.37. The van der Waals surface area contributed by atoms with Crippen LogP contribution in [-0.2, 0) is 12.8 Å². The lowest BCUT2D eigenvalue weighted by Crippen LogP contribution is -2.31. The molecule has 1 aromatic heterocycles. The molecule has 2 nitrogen and oxygen atoms in total. The lowest BCUT2D eigenvalue weighted by Gasteiger charge is -2.17. The fraction of sp³-hybridized carbons (Fsp3) is 0.273. The van der Waals surface area contributed by atoms with Crippen LogP contribution in [0.2, 0.25) is 5.02 Å². The third-order valence-corrected chi connectivity index (χ3v) is 5.60. The van der Waals surface area contributed by atoms with E-state index >= 15 is 0 Å². The number of thiophene rings is 1. The van der Waals surface area contributed by atoms with Crippen molar-refractivity contribution in [3.63, 3.8) is 0 Å². The number of rotatable bonds is 8. The molecule has 0 bridgehead atoms. The number of nitrogens with one attached hydrogen (secondary N) is 1. The van der Waals surface area contributed by atoms with E-state index in [2.05, 4.69) is 48.0 Å². The molecule has 1 heterocycles. The maximum absolute atomic E-state index is 10.3. The summed E-state index contributed by atoms with van der Waals surface area (Å²) < 4.78 is 0. The van der Waals surface area contributed by atoms with Crippen LogP contribution >= 0.6 is 22.9 Å². The molecule has 0 saturated carbocycles. The van der Waals surface area contributed by atoms with Crippen molar-refractivity contribution in [3.8, 4) is 0 Å². The van der Waals surface area contributed by atoms with Crippen LogP contribution in [-0.4, -0.2) is 17.7 Å². The third kappa shape index (κ3) is 5.68. The molecule has 3 rings (SSSR count). The van der Waals surface area contributed by atoms with E-state index < -0.39 is 6.10 Å². The van der Waals surface area contributed by atoms with Crippen molar-refractivity contribution in [3.05, 3.63) is 92.6 Å². The predicted octanol–water partition coefficient (Wildman–Crippen LogP) is 5.25. The number of aliphatic hydroxyl groups excluding tert-OH is 1. The fourth-order valence-corrected chi connectivity index (χ4v) is 4.19. The maximum Gasteiger partial charge on any atom is 0.0914 e. The second kappa shape index (κ2) is 9.33. The highest BCUT2D eigenvalue weighted by Crippen LogP contribution is 2.20. The Kier molecular flexibility index (Phi) is 6.86. The number of hydrogen-bond donors (Lipinski definition) is 2. The van der Waals surface area contributed by atoms with Crippen molar-refractivity contribution in [2.75, 3.05) is 6.54 Å². The first-order valence-electron chi connectivity index (χ1n) is 8.87. The first-order chi connectivity index (χ1) is 12.6. The second-order valence-corrected chi connectivity index (χ2v) is 8.10. The topological polar surface area (TPSA) is 32.3 Å². The molecule has 0 aliphatic rings. The standard InChI is InChI=1S/C22H24ClNOS/c1-16(24-14-22(25)19-8-5-9-20(23)13-19)10-21-12-18(15-26-21)11-17-6-3-2-4-7-17/h2-9,12-13,15-16,22,24-25H,10-11,14H2,1H3/t16-,22+/m1/s1. The van der Waals surface area contributed by atoms with Gasteiger partial charge in [-0.15, -0.1) is 11.3 Å². The summed E-state index contributed by atoms with van der Waals surface area (Å²) in [7, 11) is 0. The average Bonchev–Trinajstić information content (AvgIpc) is 3.07. The molecule has 2 aromatic carbocycles. The average molecular weight is 386 g/mol. The summed E-state index contributed by atoms with van der Waals surface area (Å²) in [5, 5.41) is 16.6. The molecular formula is C22H24ClNOS. The van der Waals surface area contributed by atoms with Gasteiger partial charge in [-0.2, -0.15) is 0 Å². The molecule has 136 valence electrons. The smallest absolute Gasteiger partial charge is 0.0914 e. The summed E-state index contributed by atoms with van der Waals surface area (Å²) in [5.74, 6) is 0. The Hall–Kier alpha value is -1.65. The minimum absolute atomic E-state index is 0.298. The molecule has 3 aromatic rings. The van der Waals surface area contributed by atoms with Crippen LogP contribution in [0.1, 0.15) is 34.6 Å². The van der Waals surface area contributed by atoms with Crippen molar-refractivity contribution < 1.29 is 5.11 Å². The van der Waals surface area contributed by atoms with E-state index in [9.17, 15) is 5.11 Å². The van der Waals surface area contributed by atoms with Crippen molar-refractivity contribution in [1.82, 2.24) is 5.32 Å². The Morgan fingerprint density at radius 3 is 2.62 bits per heavy atom. The quantitative estimate of drug-likeness (QED) is 0.555. The van der Waals surface area contributed by atoms with E-state index in [1.165, 1.54) is 16.0 Å². The zero-order valence-electron chi connectivity index (χ0n) is 14.9. The summed E-state index contributed by atoms with van der Waals surface area (Å²) in [6, 6.07) is 20.5. The van der Waals surface area contributed by atoms with E-state index in [1.807, 2.05) is 41.7 Å². The van der Waals surface area contributed by atoms with Crippen LogP contribution in [0, 0.1) is 0 Å². The van der Waals surface area contributed by atoms with Crippen molar-refractivity contribution in [1.29, 1.82) is 0 Å². The molecule has 0 amide bonds. The van der Waals surface area contributed by atoms with Crippen LogP contribution in [0.5, 0.6) is 0 Å². The van der Waals surface area contributed by atoms with Crippen molar-refractivity contribution in [2.45, 2.75) is 31.9 Å². The first kappa shape index (κ1) is 19.1. The molecule has 0 fully saturated rings. The molecular weight excluding hydrogens is 362 g/mol. The summed E-state index contributed by atoms with van der Waals surface area (Å²) in [6.07, 6.45) is 1.39. The molecule has 2 N–H and O–H groups in total. The Morgan fingerprint density at radius 1 is 1.04 bits per heavy atom. The van der Waals surface area contributed by atoms with Gasteiger partial charge in [0, 0.05) is 22.5 Å². The van der Waals surface area contributed by atoms with Gasteiger partial charge in [-0.05, 0) is 60.0 Å². The van der Waals surface area contributed by atoms with E-state index in [1.54, 1.807) is 0 Å². The van der Waals surface area contributed by atoms with Gasteiger partial charge in [0.05, 0.1) is 6.10 Å². The number of halogens is 1. The summed E-state index contributed by atoms with van der Waals surface area (Å²) >= 11 is 7.80. The van der Waals surface area contributed by atoms with Gasteiger partial charge in [0.15, 0.2) is 0 Å². The molecule has 26 heavy (non-hydrogen) atoms. The SMILES string of the molecule is C[C@H](Cc1cc(Cc2ccccc2)cs1)NC[C@H](O)c1cccc(Cl)c1. The molecule has 0 saturated heterocycles. The van der Waals surface area contributed by atoms with Crippen LogP contribution < -0.4 is 5.32 Å².